The second-order valence-electron chi connectivity index (χ2n) is 4.02. The van der Waals surface area contributed by atoms with Gasteiger partial charge in [0.05, 0.1) is 18.8 Å². The number of hydrogen-bond acceptors (Lipinski definition) is 4. The summed E-state index contributed by atoms with van der Waals surface area (Å²) in [4.78, 5) is 11.0. The number of nitrogens with two attached hydrogens (primary N) is 1. The van der Waals surface area contributed by atoms with Crippen LogP contribution in [0.25, 0.3) is 0 Å². The molecular weight excluding hydrogens is 220 g/mol. The van der Waals surface area contributed by atoms with Gasteiger partial charge in [-0.2, -0.15) is 0 Å². The zero-order valence-electron chi connectivity index (χ0n) is 9.73. The Labute approximate surface area is 99.9 Å². The van der Waals surface area contributed by atoms with Gasteiger partial charge in [0.2, 0.25) is 5.91 Å². The topological polar surface area (TPSA) is 73.6 Å². The number of anilines is 1. The third kappa shape index (κ3) is 2.81. The van der Waals surface area contributed by atoms with E-state index in [0.29, 0.717) is 30.2 Å². The second kappa shape index (κ2) is 4.95. The van der Waals surface area contributed by atoms with Crippen LogP contribution in [0.5, 0.6) is 11.5 Å². The molecule has 1 aliphatic rings. The smallest absolute Gasteiger partial charge is 0.220 e. The van der Waals surface area contributed by atoms with Crippen LogP contribution >= 0.6 is 0 Å². The number of methoxy groups -OCH3 is 1. The molecule has 1 fully saturated rings. The highest BCUT2D eigenvalue weighted by Gasteiger charge is 2.21. The summed E-state index contributed by atoms with van der Waals surface area (Å²) in [7, 11) is 1.59. The summed E-state index contributed by atoms with van der Waals surface area (Å²) < 4.78 is 10.7. The van der Waals surface area contributed by atoms with Crippen LogP contribution in [-0.4, -0.2) is 25.7 Å². The van der Waals surface area contributed by atoms with Crippen molar-refractivity contribution >= 4 is 11.6 Å². The van der Waals surface area contributed by atoms with Crippen LogP contribution < -0.4 is 20.5 Å². The Balaban J connectivity index is 1.96. The van der Waals surface area contributed by atoms with Crippen LogP contribution in [-0.2, 0) is 4.79 Å². The van der Waals surface area contributed by atoms with Gasteiger partial charge in [0, 0.05) is 12.5 Å². The molecule has 1 aliphatic heterocycles. The van der Waals surface area contributed by atoms with Crippen molar-refractivity contribution in [1.82, 2.24) is 5.32 Å². The molecule has 1 atom stereocenters. The minimum Gasteiger partial charge on any atom is -0.497 e. The van der Waals surface area contributed by atoms with E-state index < -0.39 is 0 Å². The third-order valence-corrected chi connectivity index (χ3v) is 2.75. The van der Waals surface area contributed by atoms with Crippen molar-refractivity contribution in [1.29, 1.82) is 0 Å². The largest absolute Gasteiger partial charge is 0.497 e. The van der Waals surface area contributed by atoms with Crippen molar-refractivity contribution in [2.24, 2.45) is 0 Å². The van der Waals surface area contributed by atoms with E-state index in [1.54, 1.807) is 25.3 Å². The summed E-state index contributed by atoms with van der Waals surface area (Å²) in [6, 6.07) is 5.33. The maximum absolute atomic E-state index is 11.0. The van der Waals surface area contributed by atoms with Crippen molar-refractivity contribution in [2.75, 3.05) is 19.5 Å². The Morgan fingerprint density at radius 2 is 2.35 bits per heavy atom. The lowest BCUT2D eigenvalue weighted by Gasteiger charge is -2.14. The van der Waals surface area contributed by atoms with E-state index in [2.05, 4.69) is 5.32 Å². The Morgan fingerprint density at radius 1 is 1.53 bits per heavy atom. The van der Waals surface area contributed by atoms with E-state index in [9.17, 15) is 4.79 Å². The van der Waals surface area contributed by atoms with Gasteiger partial charge in [0.1, 0.15) is 18.1 Å². The number of nitrogens with one attached hydrogen (secondary N) is 1. The number of benzene rings is 1. The lowest BCUT2D eigenvalue weighted by atomic mass is 10.2. The summed E-state index contributed by atoms with van der Waals surface area (Å²) in [5.74, 6) is 1.37. The first kappa shape index (κ1) is 11.6. The average Bonchev–Trinajstić information content (AvgIpc) is 2.74. The summed E-state index contributed by atoms with van der Waals surface area (Å²) in [6.07, 6.45) is 1.38. The molecule has 1 amide bonds. The zero-order chi connectivity index (χ0) is 12.3. The molecule has 1 aromatic carbocycles. The molecule has 3 N–H and O–H groups in total. The number of rotatable bonds is 4. The van der Waals surface area contributed by atoms with Gasteiger partial charge < -0.3 is 20.5 Å². The Hall–Kier alpha value is -1.91. The average molecular weight is 236 g/mol. The molecule has 0 aliphatic carbocycles. The Bertz CT molecular complexity index is 420. The molecule has 1 aromatic rings. The molecular formula is C12H16N2O3. The van der Waals surface area contributed by atoms with Gasteiger partial charge in [-0.25, -0.2) is 0 Å². The standard InChI is InChI=1S/C12H16N2O3/c1-16-9-3-4-10(13)11(6-9)17-7-8-2-5-12(15)14-8/h3-4,6,8H,2,5,7,13H2,1H3,(H,14,15). The van der Waals surface area contributed by atoms with E-state index >= 15 is 0 Å². The molecule has 17 heavy (non-hydrogen) atoms. The fourth-order valence-corrected chi connectivity index (χ4v) is 1.76. The van der Waals surface area contributed by atoms with E-state index in [0.717, 1.165) is 6.42 Å². The van der Waals surface area contributed by atoms with E-state index in [-0.39, 0.29) is 11.9 Å². The van der Waals surface area contributed by atoms with Crippen molar-refractivity contribution in [3.05, 3.63) is 18.2 Å². The molecule has 1 saturated heterocycles. The fourth-order valence-electron chi connectivity index (χ4n) is 1.76. The van der Waals surface area contributed by atoms with E-state index in [1.807, 2.05) is 0 Å². The number of hydrogen-bond donors (Lipinski definition) is 2. The Kier molecular flexibility index (Phi) is 3.37. The second-order valence-corrected chi connectivity index (χ2v) is 4.02. The van der Waals surface area contributed by atoms with Crippen LogP contribution in [0, 0.1) is 0 Å². The predicted molar refractivity (Wildman–Crippen MR) is 64.1 cm³/mol. The molecule has 0 spiro atoms. The maximum Gasteiger partial charge on any atom is 0.220 e. The first-order valence-corrected chi connectivity index (χ1v) is 5.54. The SMILES string of the molecule is COc1ccc(N)c(OCC2CCC(=O)N2)c1. The van der Waals surface area contributed by atoms with Gasteiger partial charge in [-0.1, -0.05) is 0 Å². The van der Waals surface area contributed by atoms with Crippen molar-refractivity contribution in [3.63, 3.8) is 0 Å². The first-order valence-electron chi connectivity index (χ1n) is 5.54. The van der Waals surface area contributed by atoms with Crippen LogP contribution in [0.3, 0.4) is 0 Å². The van der Waals surface area contributed by atoms with E-state index in [4.69, 9.17) is 15.2 Å². The van der Waals surface area contributed by atoms with Crippen molar-refractivity contribution in [2.45, 2.75) is 18.9 Å². The van der Waals surface area contributed by atoms with Crippen LogP contribution in [0.4, 0.5) is 5.69 Å². The number of carbonyl (C=O) groups excluding carboxylic acids is 1. The number of nitrogen functional groups attached to an aromatic ring is 1. The van der Waals surface area contributed by atoms with Gasteiger partial charge in [-0.15, -0.1) is 0 Å². The van der Waals surface area contributed by atoms with Crippen LogP contribution in [0.1, 0.15) is 12.8 Å². The highest BCUT2D eigenvalue weighted by molar-refractivity contribution is 5.78. The summed E-state index contributed by atoms with van der Waals surface area (Å²) >= 11 is 0. The normalized spacial score (nSPS) is 18.9. The van der Waals surface area contributed by atoms with E-state index in [1.165, 1.54) is 0 Å². The molecule has 0 aromatic heterocycles. The third-order valence-electron chi connectivity index (χ3n) is 2.75. The summed E-state index contributed by atoms with van der Waals surface area (Å²) in [5, 5.41) is 2.84. The number of amides is 1. The maximum atomic E-state index is 11.0. The Morgan fingerprint density at radius 3 is 3.00 bits per heavy atom. The lowest BCUT2D eigenvalue weighted by Crippen LogP contribution is -2.30. The predicted octanol–water partition coefficient (Wildman–Crippen LogP) is 0.935. The van der Waals surface area contributed by atoms with Crippen LogP contribution in [0.2, 0.25) is 0 Å². The monoisotopic (exact) mass is 236 g/mol. The van der Waals surface area contributed by atoms with Gasteiger partial charge in [-0.3, -0.25) is 4.79 Å². The molecule has 1 heterocycles. The molecule has 0 radical (unpaired) electrons. The lowest BCUT2D eigenvalue weighted by molar-refractivity contribution is -0.119. The zero-order valence-corrected chi connectivity index (χ0v) is 9.73. The van der Waals surface area contributed by atoms with Crippen molar-refractivity contribution < 1.29 is 14.3 Å². The van der Waals surface area contributed by atoms with Gasteiger partial charge in [0.15, 0.2) is 0 Å². The quantitative estimate of drug-likeness (QED) is 0.763. The highest BCUT2D eigenvalue weighted by atomic mass is 16.5. The molecule has 5 heteroatoms. The van der Waals surface area contributed by atoms with Gasteiger partial charge >= 0.3 is 0 Å². The number of ether oxygens (including phenoxy) is 2. The van der Waals surface area contributed by atoms with Crippen molar-refractivity contribution in [3.8, 4) is 11.5 Å². The van der Waals surface area contributed by atoms with Gasteiger partial charge in [-0.05, 0) is 18.6 Å². The molecule has 92 valence electrons. The molecule has 2 rings (SSSR count). The van der Waals surface area contributed by atoms with Crippen LogP contribution in [0.15, 0.2) is 18.2 Å². The highest BCUT2D eigenvalue weighted by Crippen LogP contribution is 2.27. The molecule has 0 bridgehead atoms. The summed E-state index contributed by atoms with van der Waals surface area (Å²) in [5.41, 5.74) is 6.35. The fraction of sp³-hybridized carbons (Fsp3) is 0.417. The number of carbonyl (C=O) groups is 1. The minimum absolute atomic E-state index is 0.0769. The molecule has 1 unspecified atom stereocenters. The summed E-state index contributed by atoms with van der Waals surface area (Å²) in [6.45, 7) is 0.434. The first-order chi connectivity index (χ1) is 8.19. The molecule has 0 saturated carbocycles. The molecule has 5 nitrogen and oxygen atoms in total. The minimum atomic E-state index is 0.0769. The van der Waals surface area contributed by atoms with Gasteiger partial charge in [0.25, 0.3) is 0 Å².